The number of ether oxygens (including phenoxy) is 1. The summed E-state index contributed by atoms with van der Waals surface area (Å²) in [5.74, 6) is -0.00663. The molecule has 5 nitrogen and oxygen atoms in total. The highest BCUT2D eigenvalue weighted by molar-refractivity contribution is 6.30. The van der Waals surface area contributed by atoms with Gasteiger partial charge in [-0.3, -0.25) is 9.59 Å². The molecular formula is C26H27ClN2O3. The Balaban J connectivity index is 1.86. The van der Waals surface area contributed by atoms with E-state index in [9.17, 15) is 9.59 Å². The Hall–Kier alpha value is -3.31. The number of hydrogen-bond donors (Lipinski definition) is 1. The minimum absolute atomic E-state index is 0.200. The zero-order valence-corrected chi connectivity index (χ0v) is 19.0. The number of amides is 2. The predicted molar refractivity (Wildman–Crippen MR) is 127 cm³/mol. The molecule has 0 saturated heterocycles. The molecule has 3 aromatic carbocycles. The number of carbonyl (C=O) groups is 2. The maximum atomic E-state index is 13.3. The molecule has 3 aromatic rings. The van der Waals surface area contributed by atoms with Gasteiger partial charge in [-0.1, -0.05) is 77.8 Å². The van der Waals surface area contributed by atoms with E-state index in [0.717, 1.165) is 16.7 Å². The van der Waals surface area contributed by atoms with Crippen LogP contribution in [0, 0.1) is 6.92 Å². The van der Waals surface area contributed by atoms with Crippen molar-refractivity contribution in [3.8, 4) is 5.75 Å². The van der Waals surface area contributed by atoms with Gasteiger partial charge in [0.1, 0.15) is 11.8 Å². The van der Waals surface area contributed by atoms with Crippen LogP contribution in [0.5, 0.6) is 5.75 Å². The second-order valence-electron chi connectivity index (χ2n) is 7.57. The maximum Gasteiger partial charge on any atom is 0.261 e. The van der Waals surface area contributed by atoms with Crippen LogP contribution < -0.4 is 10.1 Å². The highest BCUT2D eigenvalue weighted by Crippen LogP contribution is 2.19. The van der Waals surface area contributed by atoms with E-state index >= 15 is 0 Å². The third kappa shape index (κ3) is 6.59. The Morgan fingerprint density at radius 2 is 1.69 bits per heavy atom. The lowest BCUT2D eigenvalue weighted by Gasteiger charge is -2.31. The van der Waals surface area contributed by atoms with Crippen LogP contribution in [0.25, 0.3) is 0 Å². The molecule has 0 saturated carbocycles. The first kappa shape index (κ1) is 23.4. The Bertz CT molecular complexity index is 1040. The molecule has 1 atom stereocenters. The van der Waals surface area contributed by atoms with Gasteiger partial charge in [0.2, 0.25) is 5.91 Å². The molecule has 0 aliphatic carbocycles. The summed E-state index contributed by atoms with van der Waals surface area (Å²) in [6.45, 7) is 2.10. The van der Waals surface area contributed by atoms with Crippen molar-refractivity contribution >= 4 is 23.4 Å². The quantitative estimate of drug-likeness (QED) is 0.525. The first-order valence-electron chi connectivity index (χ1n) is 10.4. The van der Waals surface area contributed by atoms with Gasteiger partial charge < -0.3 is 15.0 Å². The molecule has 0 aliphatic rings. The van der Waals surface area contributed by atoms with Crippen LogP contribution in [-0.2, 0) is 22.6 Å². The van der Waals surface area contributed by atoms with Crippen molar-refractivity contribution in [2.45, 2.75) is 25.9 Å². The molecule has 3 rings (SSSR count). The van der Waals surface area contributed by atoms with E-state index in [0.29, 0.717) is 23.7 Å². The first-order valence-corrected chi connectivity index (χ1v) is 10.8. The van der Waals surface area contributed by atoms with Crippen LogP contribution in [0.4, 0.5) is 0 Å². The maximum absolute atomic E-state index is 13.3. The third-order valence-electron chi connectivity index (χ3n) is 5.15. The van der Waals surface area contributed by atoms with E-state index in [1.165, 1.54) is 0 Å². The van der Waals surface area contributed by atoms with Crippen molar-refractivity contribution in [3.63, 3.8) is 0 Å². The van der Waals surface area contributed by atoms with Crippen LogP contribution >= 0.6 is 11.6 Å². The fourth-order valence-corrected chi connectivity index (χ4v) is 3.58. The standard InChI is InChI=1S/C26H27ClN2O3/c1-19-11-13-21(14-12-19)17-29(25(30)18-32-23-10-6-9-22(27)16-23)24(26(31)28-2)15-20-7-4-3-5-8-20/h3-14,16,24H,15,17-18H2,1-2H3,(H,28,31)/t24-/m1/s1. The molecule has 0 aliphatic heterocycles. The number of rotatable bonds is 9. The molecule has 0 bridgehead atoms. The third-order valence-corrected chi connectivity index (χ3v) is 5.38. The molecule has 0 unspecified atom stereocenters. The van der Waals surface area contributed by atoms with Gasteiger partial charge in [-0.25, -0.2) is 0 Å². The van der Waals surface area contributed by atoms with E-state index in [2.05, 4.69) is 5.32 Å². The van der Waals surface area contributed by atoms with Crippen molar-refractivity contribution < 1.29 is 14.3 Å². The van der Waals surface area contributed by atoms with Crippen LogP contribution in [0.1, 0.15) is 16.7 Å². The minimum Gasteiger partial charge on any atom is -0.484 e. The average Bonchev–Trinajstić information content (AvgIpc) is 2.81. The number of aryl methyl sites for hydroxylation is 1. The molecule has 6 heteroatoms. The monoisotopic (exact) mass is 450 g/mol. The molecule has 166 valence electrons. The second kappa shape index (κ2) is 11.3. The number of hydrogen-bond acceptors (Lipinski definition) is 3. The van der Waals surface area contributed by atoms with E-state index in [-0.39, 0.29) is 18.4 Å². The highest BCUT2D eigenvalue weighted by atomic mass is 35.5. The summed E-state index contributed by atoms with van der Waals surface area (Å²) in [6.07, 6.45) is 0.398. The van der Waals surface area contributed by atoms with Crippen molar-refractivity contribution in [2.75, 3.05) is 13.7 Å². The van der Waals surface area contributed by atoms with Crippen LogP contribution in [0.15, 0.2) is 78.9 Å². The molecular weight excluding hydrogens is 424 g/mol. The second-order valence-corrected chi connectivity index (χ2v) is 8.01. The van der Waals surface area contributed by atoms with Crippen LogP contribution in [-0.4, -0.2) is 36.4 Å². The van der Waals surface area contributed by atoms with Gasteiger partial charge in [0.15, 0.2) is 6.61 Å². The Kier molecular flexibility index (Phi) is 8.28. The predicted octanol–water partition coefficient (Wildman–Crippen LogP) is 4.41. The number of likely N-dealkylation sites (N-methyl/N-ethyl adjacent to an activating group) is 1. The van der Waals surface area contributed by atoms with Crippen molar-refractivity contribution in [1.29, 1.82) is 0 Å². The van der Waals surface area contributed by atoms with Gasteiger partial charge in [0.25, 0.3) is 5.91 Å². The lowest BCUT2D eigenvalue weighted by Crippen LogP contribution is -2.51. The summed E-state index contributed by atoms with van der Waals surface area (Å²) in [6, 6.07) is 23.8. The summed E-state index contributed by atoms with van der Waals surface area (Å²) < 4.78 is 5.69. The number of nitrogens with one attached hydrogen (secondary N) is 1. The fraction of sp³-hybridized carbons (Fsp3) is 0.231. The SMILES string of the molecule is CNC(=O)[C@@H](Cc1ccccc1)N(Cc1ccc(C)cc1)C(=O)COc1cccc(Cl)c1. The van der Waals surface area contributed by atoms with E-state index in [4.69, 9.17) is 16.3 Å². The lowest BCUT2D eigenvalue weighted by atomic mass is 10.0. The Morgan fingerprint density at radius 3 is 2.34 bits per heavy atom. The Labute approximate surface area is 194 Å². The smallest absolute Gasteiger partial charge is 0.261 e. The summed E-state index contributed by atoms with van der Waals surface area (Å²) in [5, 5.41) is 3.23. The molecule has 1 N–H and O–H groups in total. The Morgan fingerprint density at radius 1 is 0.969 bits per heavy atom. The van der Waals surface area contributed by atoms with Gasteiger partial charge in [-0.2, -0.15) is 0 Å². The van der Waals surface area contributed by atoms with E-state index in [1.807, 2.05) is 61.5 Å². The topological polar surface area (TPSA) is 58.6 Å². The summed E-state index contributed by atoms with van der Waals surface area (Å²) in [4.78, 5) is 27.8. The zero-order valence-electron chi connectivity index (χ0n) is 18.3. The fourth-order valence-electron chi connectivity index (χ4n) is 3.40. The molecule has 0 spiro atoms. The van der Waals surface area contributed by atoms with Gasteiger partial charge in [-0.05, 0) is 36.2 Å². The van der Waals surface area contributed by atoms with Gasteiger partial charge in [0.05, 0.1) is 0 Å². The first-order chi connectivity index (χ1) is 15.5. The molecule has 0 heterocycles. The average molecular weight is 451 g/mol. The van der Waals surface area contributed by atoms with Gasteiger partial charge in [-0.15, -0.1) is 0 Å². The van der Waals surface area contributed by atoms with Crippen LogP contribution in [0.2, 0.25) is 5.02 Å². The highest BCUT2D eigenvalue weighted by Gasteiger charge is 2.30. The van der Waals surface area contributed by atoms with Gasteiger partial charge >= 0.3 is 0 Å². The lowest BCUT2D eigenvalue weighted by molar-refractivity contribution is -0.142. The zero-order chi connectivity index (χ0) is 22.9. The van der Waals surface area contributed by atoms with Crippen molar-refractivity contribution in [1.82, 2.24) is 10.2 Å². The normalized spacial score (nSPS) is 11.5. The number of carbonyl (C=O) groups excluding carboxylic acids is 2. The largest absolute Gasteiger partial charge is 0.484 e. The number of benzene rings is 3. The number of halogens is 1. The van der Waals surface area contributed by atoms with Crippen molar-refractivity contribution in [2.24, 2.45) is 0 Å². The van der Waals surface area contributed by atoms with Crippen molar-refractivity contribution in [3.05, 3.63) is 101 Å². The summed E-state index contributed by atoms with van der Waals surface area (Å²) >= 11 is 6.02. The molecule has 0 aromatic heterocycles. The number of nitrogens with zero attached hydrogens (tertiary/aromatic N) is 1. The molecule has 0 radical (unpaired) electrons. The molecule has 32 heavy (non-hydrogen) atoms. The summed E-state index contributed by atoms with van der Waals surface area (Å²) in [7, 11) is 1.58. The van der Waals surface area contributed by atoms with Gasteiger partial charge in [0, 0.05) is 25.0 Å². The minimum atomic E-state index is -0.681. The molecule has 2 amide bonds. The van der Waals surface area contributed by atoms with E-state index in [1.54, 1.807) is 36.2 Å². The summed E-state index contributed by atoms with van der Waals surface area (Å²) in [5.41, 5.74) is 3.04. The molecule has 0 fully saturated rings. The van der Waals surface area contributed by atoms with Crippen LogP contribution in [0.3, 0.4) is 0 Å². The van der Waals surface area contributed by atoms with E-state index < -0.39 is 6.04 Å².